The summed E-state index contributed by atoms with van der Waals surface area (Å²) >= 11 is 0. The van der Waals surface area contributed by atoms with Gasteiger partial charge in [-0.2, -0.15) is 5.26 Å². The van der Waals surface area contributed by atoms with E-state index in [1.807, 2.05) is 51.7 Å². The van der Waals surface area contributed by atoms with Gasteiger partial charge in [-0.15, -0.1) is 5.10 Å². The number of halogens is 3. The van der Waals surface area contributed by atoms with Crippen LogP contribution in [0.25, 0.3) is 16.8 Å². The number of rotatable bonds is 6. The van der Waals surface area contributed by atoms with Gasteiger partial charge in [0.1, 0.15) is 17.2 Å². The van der Waals surface area contributed by atoms with Crippen LogP contribution in [0.5, 0.6) is 0 Å². The first-order chi connectivity index (χ1) is 20.1. The number of alkyl halides is 3. The lowest BCUT2D eigenvalue weighted by Crippen LogP contribution is -2.60. The number of H-pyrrole nitrogens is 1. The lowest BCUT2D eigenvalue weighted by atomic mass is 9.75. The van der Waals surface area contributed by atoms with Crippen LogP contribution in [0, 0.1) is 18.3 Å². The maximum Gasteiger partial charge on any atom is 0.277 e. The Hall–Kier alpha value is -3.72. The minimum Gasteiger partial charge on any atom is -0.349 e. The molecule has 2 N–H and O–H groups in total. The van der Waals surface area contributed by atoms with Crippen molar-refractivity contribution in [3.8, 4) is 17.3 Å². The Balaban J connectivity index is 0.000000627. The van der Waals surface area contributed by atoms with E-state index >= 15 is 4.39 Å². The molecule has 2 atom stereocenters. The van der Waals surface area contributed by atoms with E-state index in [1.54, 1.807) is 12.3 Å². The summed E-state index contributed by atoms with van der Waals surface area (Å²) in [5.41, 5.74) is 3.35. The number of nitriles is 1. The number of aromatic nitrogens is 4. The fraction of sp³-hybridized carbons (Fsp3) is 0.567. The SMILES string of the molecule is CC.CC(C)=Nc1ccc(-c2ccn3nc(NC4CCN(C5(C#N)CCC5)CC4F)[nH]c(=O)c23)nc1C.CCC(F)F. The maximum absolute atomic E-state index is 15.0. The number of fused-ring (bicyclic) bond motifs is 1. The van der Waals surface area contributed by atoms with Crippen LogP contribution in [-0.2, 0) is 0 Å². The predicted molar refractivity (Wildman–Crippen MR) is 161 cm³/mol. The molecule has 9 nitrogen and oxygen atoms in total. The smallest absolute Gasteiger partial charge is 0.277 e. The van der Waals surface area contributed by atoms with Crippen molar-refractivity contribution in [3.05, 3.63) is 40.4 Å². The molecule has 0 radical (unpaired) electrons. The van der Waals surface area contributed by atoms with Gasteiger partial charge in [0.05, 0.1) is 29.2 Å². The van der Waals surface area contributed by atoms with E-state index < -0.39 is 24.2 Å². The normalized spacial score (nSPS) is 19.5. The third-order valence-corrected chi connectivity index (χ3v) is 7.37. The second kappa shape index (κ2) is 14.4. The number of aryl methyl sites for hydroxylation is 1. The molecule has 0 aromatic carbocycles. The van der Waals surface area contributed by atoms with Gasteiger partial charge in [0.25, 0.3) is 5.56 Å². The molecule has 3 aromatic rings. The van der Waals surface area contributed by atoms with E-state index in [4.69, 9.17) is 0 Å². The van der Waals surface area contributed by atoms with Gasteiger partial charge in [0, 0.05) is 37.0 Å². The number of likely N-dealkylation sites (tertiary alicyclic amines) is 1. The summed E-state index contributed by atoms with van der Waals surface area (Å²) in [6.45, 7) is 12.0. The molecule has 2 aliphatic rings. The van der Waals surface area contributed by atoms with Crippen LogP contribution in [-0.4, -0.2) is 67.5 Å². The number of piperidine rings is 1. The van der Waals surface area contributed by atoms with Crippen LogP contribution in [0.1, 0.15) is 72.4 Å². The number of hydrogen-bond donors (Lipinski definition) is 2. The molecule has 1 aliphatic carbocycles. The maximum atomic E-state index is 15.0. The Morgan fingerprint density at radius 2 is 1.98 bits per heavy atom. The van der Waals surface area contributed by atoms with Crippen LogP contribution in [0.2, 0.25) is 0 Å². The third kappa shape index (κ3) is 7.37. The lowest BCUT2D eigenvalue weighted by molar-refractivity contribution is 0.0128. The second-order valence-corrected chi connectivity index (χ2v) is 10.5. The summed E-state index contributed by atoms with van der Waals surface area (Å²) < 4.78 is 38.1. The van der Waals surface area contributed by atoms with E-state index in [9.17, 15) is 18.8 Å². The van der Waals surface area contributed by atoms with Crippen molar-refractivity contribution < 1.29 is 13.2 Å². The van der Waals surface area contributed by atoms with Gasteiger partial charge in [-0.3, -0.25) is 24.7 Å². The molecule has 0 amide bonds. The number of aliphatic imine (C=N–C) groups is 1. The Morgan fingerprint density at radius 3 is 2.50 bits per heavy atom. The standard InChI is InChI=1S/C25H29FN8O.C3H6F2.C2H6/c1-15(2)28-19-5-6-20(29-16(19)3)17-7-12-34-22(17)23(35)31-24(32-34)30-21-8-11-33(13-18(21)26)25(14-27)9-4-10-25;1-2-3(4)5;1-2/h5-7,12,18,21H,4,8-11,13H2,1-3H3,(H2,30,31,32,35);3H,2H2,1H3;1-2H3. The molecule has 5 rings (SSSR count). The number of nitrogens with one attached hydrogen (secondary N) is 2. The summed E-state index contributed by atoms with van der Waals surface area (Å²) in [6.07, 6.45) is 1.53. The van der Waals surface area contributed by atoms with Gasteiger partial charge in [0.2, 0.25) is 12.4 Å². The van der Waals surface area contributed by atoms with Gasteiger partial charge in [-0.05, 0) is 64.7 Å². The van der Waals surface area contributed by atoms with Gasteiger partial charge in [-0.1, -0.05) is 20.8 Å². The van der Waals surface area contributed by atoms with Crippen molar-refractivity contribution in [2.24, 2.45) is 4.99 Å². The number of pyridine rings is 1. The van der Waals surface area contributed by atoms with Crippen LogP contribution in [0.15, 0.2) is 34.2 Å². The summed E-state index contributed by atoms with van der Waals surface area (Å²) in [5.74, 6) is 0.219. The zero-order chi connectivity index (χ0) is 31.0. The highest BCUT2D eigenvalue weighted by Crippen LogP contribution is 2.39. The minimum atomic E-state index is -2.12. The molecule has 0 spiro atoms. The van der Waals surface area contributed by atoms with Crippen molar-refractivity contribution in [1.29, 1.82) is 5.26 Å². The molecule has 2 fully saturated rings. The van der Waals surface area contributed by atoms with Crippen molar-refractivity contribution in [2.45, 2.75) is 97.8 Å². The molecular formula is C30H41F3N8O. The molecule has 4 heterocycles. The third-order valence-electron chi connectivity index (χ3n) is 7.37. The first-order valence-electron chi connectivity index (χ1n) is 14.5. The van der Waals surface area contributed by atoms with Gasteiger partial charge >= 0.3 is 0 Å². The Labute approximate surface area is 244 Å². The van der Waals surface area contributed by atoms with Crippen molar-refractivity contribution in [3.63, 3.8) is 0 Å². The second-order valence-electron chi connectivity index (χ2n) is 10.5. The van der Waals surface area contributed by atoms with Crippen LogP contribution < -0.4 is 10.9 Å². The lowest BCUT2D eigenvalue weighted by Gasteiger charge is -2.48. The average molecular weight is 587 g/mol. The molecule has 3 aromatic heterocycles. The first-order valence-corrected chi connectivity index (χ1v) is 14.5. The summed E-state index contributed by atoms with van der Waals surface area (Å²) in [4.78, 5) is 26.9. The van der Waals surface area contributed by atoms with Crippen LogP contribution >= 0.6 is 0 Å². The highest BCUT2D eigenvalue weighted by atomic mass is 19.3. The summed E-state index contributed by atoms with van der Waals surface area (Å²) in [6, 6.07) is 7.43. The first kappa shape index (κ1) is 32.8. The van der Waals surface area contributed by atoms with E-state index in [0.717, 1.165) is 36.4 Å². The summed E-state index contributed by atoms with van der Waals surface area (Å²) in [5, 5.41) is 17.1. The molecule has 2 unspecified atom stereocenters. The molecule has 0 bridgehead atoms. The zero-order valence-electron chi connectivity index (χ0n) is 25.2. The average Bonchev–Trinajstić information content (AvgIpc) is 3.37. The van der Waals surface area contributed by atoms with Gasteiger partial charge < -0.3 is 5.32 Å². The highest BCUT2D eigenvalue weighted by Gasteiger charge is 2.46. The zero-order valence-corrected chi connectivity index (χ0v) is 25.2. The van der Waals surface area contributed by atoms with Crippen LogP contribution in [0.4, 0.5) is 24.8 Å². The monoisotopic (exact) mass is 586 g/mol. The fourth-order valence-electron chi connectivity index (χ4n) is 5.01. The fourth-order valence-corrected chi connectivity index (χ4v) is 5.01. The molecule has 1 aliphatic heterocycles. The number of aromatic amines is 1. The van der Waals surface area contributed by atoms with Crippen molar-refractivity contribution in [1.82, 2.24) is 24.5 Å². The van der Waals surface area contributed by atoms with E-state index in [-0.39, 0.29) is 24.5 Å². The van der Waals surface area contributed by atoms with E-state index in [1.165, 1.54) is 11.4 Å². The number of anilines is 1. The Kier molecular flexibility index (Phi) is 11.3. The van der Waals surface area contributed by atoms with Crippen LogP contribution in [0.3, 0.4) is 0 Å². The molecule has 228 valence electrons. The largest absolute Gasteiger partial charge is 0.349 e. The molecule has 1 saturated heterocycles. The molecular weight excluding hydrogens is 545 g/mol. The number of nitrogens with zero attached hydrogens (tertiary/aromatic N) is 6. The van der Waals surface area contributed by atoms with E-state index in [0.29, 0.717) is 29.7 Å². The number of hydrogen-bond acceptors (Lipinski definition) is 7. The molecule has 1 saturated carbocycles. The van der Waals surface area contributed by atoms with Crippen molar-refractivity contribution in [2.75, 3.05) is 18.4 Å². The summed E-state index contributed by atoms with van der Waals surface area (Å²) in [7, 11) is 0. The minimum absolute atomic E-state index is 0.0278. The van der Waals surface area contributed by atoms with Gasteiger partial charge in [0.15, 0.2) is 0 Å². The molecule has 42 heavy (non-hydrogen) atoms. The van der Waals surface area contributed by atoms with E-state index in [2.05, 4.69) is 31.4 Å². The topological polar surface area (TPSA) is 114 Å². The Bertz CT molecular complexity index is 1470. The van der Waals surface area contributed by atoms with Crippen molar-refractivity contribution >= 4 is 22.9 Å². The predicted octanol–water partition coefficient (Wildman–Crippen LogP) is 6.46. The van der Waals surface area contributed by atoms with Gasteiger partial charge in [-0.25, -0.2) is 17.7 Å². The quantitative estimate of drug-likeness (QED) is 0.320. The molecule has 12 heteroatoms. The Morgan fingerprint density at radius 1 is 1.29 bits per heavy atom. The highest BCUT2D eigenvalue weighted by molar-refractivity contribution is 5.83.